The number of nitrogens with one attached hydrogen (secondary N) is 3. The van der Waals surface area contributed by atoms with Gasteiger partial charge in [-0.1, -0.05) is 0 Å². The maximum Gasteiger partial charge on any atom is 0.254 e. The van der Waals surface area contributed by atoms with Crippen LogP contribution in [0.2, 0.25) is 0 Å². The van der Waals surface area contributed by atoms with Gasteiger partial charge in [0.1, 0.15) is 0 Å². The number of fused-ring (bicyclic) bond motifs is 1. The number of likely N-dealkylation sites (N-methyl/N-ethyl adjacent to an activating group) is 1. The molecule has 7 nitrogen and oxygen atoms in total. The van der Waals surface area contributed by atoms with Crippen molar-refractivity contribution in [3.05, 3.63) is 29.3 Å². The lowest BCUT2D eigenvalue weighted by Crippen LogP contribution is -2.34. The maximum absolute atomic E-state index is 12.5. The van der Waals surface area contributed by atoms with Gasteiger partial charge in [0.25, 0.3) is 5.91 Å². The summed E-state index contributed by atoms with van der Waals surface area (Å²) in [6.07, 6.45) is 1.12. The molecule has 0 fully saturated rings. The number of carbonyl (C=O) groups is 3. The van der Waals surface area contributed by atoms with Crippen LogP contribution in [0, 0.1) is 0 Å². The molecule has 0 aromatic heterocycles. The molecule has 1 unspecified atom stereocenters. The molecule has 0 saturated heterocycles. The fraction of sp³-hybridized carbons (Fsp3) is 0.471. The van der Waals surface area contributed by atoms with Gasteiger partial charge in [0.05, 0.1) is 0 Å². The average molecular weight is 332 g/mol. The summed E-state index contributed by atoms with van der Waals surface area (Å²) in [5, 5.41) is 8.50. The van der Waals surface area contributed by atoms with Gasteiger partial charge in [0, 0.05) is 43.3 Å². The lowest BCUT2D eigenvalue weighted by atomic mass is 10.1. The van der Waals surface area contributed by atoms with E-state index in [1.54, 1.807) is 4.90 Å². The number of amides is 3. The number of nitrogens with zero attached hydrogens (tertiary/aromatic N) is 1. The van der Waals surface area contributed by atoms with Crippen LogP contribution in [-0.4, -0.2) is 49.3 Å². The largest absolute Gasteiger partial charge is 0.384 e. The van der Waals surface area contributed by atoms with Gasteiger partial charge in [-0.25, -0.2) is 0 Å². The summed E-state index contributed by atoms with van der Waals surface area (Å²) < 4.78 is 0. The van der Waals surface area contributed by atoms with Crippen LogP contribution in [0.3, 0.4) is 0 Å². The molecular formula is C17H24N4O3. The van der Waals surface area contributed by atoms with Gasteiger partial charge >= 0.3 is 0 Å². The van der Waals surface area contributed by atoms with Gasteiger partial charge in [0.2, 0.25) is 12.3 Å². The molecule has 0 aliphatic carbocycles. The second-order valence-electron chi connectivity index (χ2n) is 5.91. The first-order valence-corrected chi connectivity index (χ1v) is 8.12. The SMILES string of the molecule is CNCCNc1ccc2c(c1)CN(C(C)CCC(=O)NC=O)C2=O. The number of carbonyl (C=O) groups excluding carboxylic acids is 3. The molecule has 0 bridgehead atoms. The van der Waals surface area contributed by atoms with Gasteiger partial charge in [-0.15, -0.1) is 0 Å². The van der Waals surface area contributed by atoms with E-state index in [4.69, 9.17) is 0 Å². The van der Waals surface area contributed by atoms with Crippen molar-refractivity contribution in [2.75, 3.05) is 25.5 Å². The third-order valence-corrected chi connectivity index (χ3v) is 4.18. The zero-order valence-corrected chi connectivity index (χ0v) is 14.1. The summed E-state index contributed by atoms with van der Waals surface area (Å²) in [4.78, 5) is 35.9. The Morgan fingerprint density at radius 1 is 1.38 bits per heavy atom. The highest BCUT2D eigenvalue weighted by molar-refractivity contribution is 5.99. The third-order valence-electron chi connectivity index (χ3n) is 4.18. The Labute approximate surface area is 141 Å². The van der Waals surface area contributed by atoms with Gasteiger partial charge in [-0.05, 0) is 44.2 Å². The minimum atomic E-state index is -0.322. The average Bonchev–Trinajstić information content (AvgIpc) is 2.90. The Hall–Kier alpha value is -2.41. The molecule has 7 heteroatoms. The fourth-order valence-corrected chi connectivity index (χ4v) is 2.77. The predicted octanol–water partition coefficient (Wildman–Crippen LogP) is 0.715. The van der Waals surface area contributed by atoms with Gasteiger partial charge in [-0.3, -0.25) is 19.7 Å². The maximum atomic E-state index is 12.5. The number of imide groups is 1. The van der Waals surface area contributed by atoms with Crippen LogP contribution in [0.25, 0.3) is 0 Å². The van der Waals surface area contributed by atoms with Crippen LogP contribution in [0.4, 0.5) is 5.69 Å². The molecular weight excluding hydrogens is 308 g/mol. The van der Waals surface area contributed by atoms with Crippen molar-refractivity contribution in [3.63, 3.8) is 0 Å². The zero-order chi connectivity index (χ0) is 17.5. The second kappa shape index (κ2) is 8.44. The Morgan fingerprint density at radius 3 is 2.88 bits per heavy atom. The molecule has 2 rings (SSSR count). The van der Waals surface area contributed by atoms with E-state index in [0.717, 1.165) is 29.9 Å². The Morgan fingerprint density at radius 2 is 2.17 bits per heavy atom. The highest BCUT2D eigenvalue weighted by Crippen LogP contribution is 2.28. The van der Waals surface area contributed by atoms with E-state index in [1.807, 2.05) is 32.2 Å². The van der Waals surface area contributed by atoms with Crippen LogP contribution < -0.4 is 16.0 Å². The summed E-state index contributed by atoms with van der Waals surface area (Å²) in [6, 6.07) is 5.71. The highest BCUT2D eigenvalue weighted by Gasteiger charge is 2.30. The first-order valence-electron chi connectivity index (χ1n) is 8.12. The van der Waals surface area contributed by atoms with Crippen LogP contribution in [0.15, 0.2) is 18.2 Å². The number of hydrogen-bond acceptors (Lipinski definition) is 5. The minimum absolute atomic E-state index is 0.00456. The van der Waals surface area contributed by atoms with Crippen molar-refractivity contribution in [1.82, 2.24) is 15.5 Å². The number of rotatable bonds is 9. The smallest absolute Gasteiger partial charge is 0.254 e. The van der Waals surface area contributed by atoms with Crippen LogP contribution in [0.1, 0.15) is 35.7 Å². The summed E-state index contributed by atoms with van der Waals surface area (Å²) in [5.74, 6) is -0.327. The summed E-state index contributed by atoms with van der Waals surface area (Å²) in [5.41, 5.74) is 2.72. The predicted molar refractivity (Wildman–Crippen MR) is 91.6 cm³/mol. The zero-order valence-electron chi connectivity index (χ0n) is 14.1. The van der Waals surface area contributed by atoms with Crippen molar-refractivity contribution >= 4 is 23.9 Å². The molecule has 1 aliphatic heterocycles. The van der Waals surface area contributed by atoms with E-state index in [-0.39, 0.29) is 24.3 Å². The van der Waals surface area contributed by atoms with E-state index >= 15 is 0 Å². The standard InChI is InChI=1S/C17H24N4O3/c1-12(3-6-16(23)20-11-22)21-10-13-9-14(19-8-7-18-2)4-5-15(13)17(21)24/h4-5,9,11-12,18-19H,3,6-8,10H2,1-2H3,(H,20,22,23). The van der Waals surface area contributed by atoms with E-state index in [9.17, 15) is 14.4 Å². The van der Waals surface area contributed by atoms with Crippen molar-refractivity contribution in [2.24, 2.45) is 0 Å². The molecule has 0 radical (unpaired) electrons. The Bertz CT molecular complexity index is 618. The van der Waals surface area contributed by atoms with Crippen LogP contribution in [-0.2, 0) is 16.1 Å². The molecule has 0 spiro atoms. The molecule has 1 aromatic carbocycles. The van der Waals surface area contributed by atoms with Gasteiger partial charge in [-0.2, -0.15) is 0 Å². The molecule has 24 heavy (non-hydrogen) atoms. The first-order chi connectivity index (χ1) is 11.6. The topological polar surface area (TPSA) is 90.5 Å². The summed E-state index contributed by atoms with van der Waals surface area (Å²) in [6.45, 7) is 4.15. The molecule has 3 amide bonds. The molecule has 0 saturated carbocycles. The molecule has 1 aromatic rings. The fourth-order valence-electron chi connectivity index (χ4n) is 2.77. The number of anilines is 1. The van der Waals surface area contributed by atoms with Crippen molar-refractivity contribution in [3.8, 4) is 0 Å². The van der Waals surface area contributed by atoms with Crippen molar-refractivity contribution in [1.29, 1.82) is 0 Å². The molecule has 1 aliphatic rings. The quantitative estimate of drug-likeness (QED) is 0.458. The molecule has 1 atom stereocenters. The summed E-state index contributed by atoms with van der Waals surface area (Å²) >= 11 is 0. The highest BCUT2D eigenvalue weighted by atomic mass is 16.2. The van der Waals surface area contributed by atoms with E-state index in [2.05, 4.69) is 16.0 Å². The Balaban J connectivity index is 1.96. The lowest BCUT2D eigenvalue weighted by molar-refractivity contribution is -0.125. The third kappa shape index (κ3) is 4.32. The van der Waals surface area contributed by atoms with Crippen LogP contribution in [0.5, 0.6) is 0 Å². The second-order valence-corrected chi connectivity index (χ2v) is 5.91. The van der Waals surface area contributed by atoms with E-state index in [1.165, 1.54) is 0 Å². The Kier molecular flexibility index (Phi) is 6.31. The van der Waals surface area contributed by atoms with Gasteiger partial charge in [0.15, 0.2) is 0 Å². The molecule has 3 N–H and O–H groups in total. The monoisotopic (exact) mass is 332 g/mol. The summed E-state index contributed by atoms with van der Waals surface area (Å²) in [7, 11) is 1.90. The molecule has 130 valence electrons. The van der Waals surface area contributed by atoms with Gasteiger partial charge < -0.3 is 15.5 Å². The number of hydrogen-bond donors (Lipinski definition) is 3. The van der Waals surface area contributed by atoms with Crippen molar-refractivity contribution < 1.29 is 14.4 Å². The van der Waals surface area contributed by atoms with E-state index in [0.29, 0.717) is 19.4 Å². The lowest BCUT2D eigenvalue weighted by Gasteiger charge is -2.23. The number of benzene rings is 1. The van der Waals surface area contributed by atoms with E-state index < -0.39 is 0 Å². The normalized spacial score (nSPS) is 14.2. The molecule has 1 heterocycles. The minimum Gasteiger partial charge on any atom is -0.384 e. The van der Waals surface area contributed by atoms with Crippen molar-refractivity contribution in [2.45, 2.75) is 32.4 Å². The van der Waals surface area contributed by atoms with Crippen LogP contribution >= 0.6 is 0 Å². The first kappa shape index (κ1) is 17.9.